The third-order valence-corrected chi connectivity index (χ3v) is 5.01. The molecule has 0 aromatic heterocycles. The van der Waals surface area contributed by atoms with Crippen LogP contribution in [0.25, 0.3) is 0 Å². The van der Waals surface area contributed by atoms with Crippen molar-refractivity contribution in [3.63, 3.8) is 0 Å². The van der Waals surface area contributed by atoms with Crippen LogP contribution >= 0.6 is 0 Å². The lowest BCUT2D eigenvalue weighted by molar-refractivity contribution is -0.154. The summed E-state index contributed by atoms with van der Waals surface area (Å²) in [6.45, 7) is -1.16. The van der Waals surface area contributed by atoms with Gasteiger partial charge in [-0.3, -0.25) is 9.59 Å². The van der Waals surface area contributed by atoms with E-state index in [0.29, 0.717) is 25.1 Å². The Hall–Kier alpha value is -3.58. The van der Waals surface area contributed by atoms with Crippen molar-refractivity contribution in [1.29, 1.82) is 0 Å². The maximum absolute atomic E-state index is 13.5. The average molecular weight is 502 g/mol. The number of likely N-dealkylation sites (tertiary alicyclic amines) is 1. The Bertz CT molecular complexity index is 1100. The van der Waals surface area contributed by atoms with Crippen LogP contribution in [0.1, 0.15) is 18.4 Å². The highest BCUT2D eigenvalue weighted by atomic mass is 19.2. The number of aryl methyl sites for hydroxylation is 1. The van der Waals surface area contributed by atoms with E-state index in [1.807, 2.05) is 0 Å². The van der Waals surface area contributed by atoms with Crippen LogP contribution in [0.5, 0.6) is 5.75 Å². The van der Waals surface area contributed by atoms with Gasteiger partial charge in [0.15, 0.2) is 0 Å². The van der Waals surface area contributed by atoms with Gasteiger partial charge in [-0.2, -0.15) is 8.78 Å². The minimum Gasteiger partial charge on any atom is -0.418 e. The zero-order valence-corrected chi connectivity index (χ0v) is 18.0. The quantitative estimate of drug-likeness (QED) is 0.180. The highest BCUT2D eigenvalue weighted by Crippen LogP contribution is 2.29. The Labute approximate surface area is 195 Å². The Morgan fingerprint density at radius 1 is 0.943 bits per heavy atom. The SMILES string of the molecule is O=C(COCC(=O)Oc1c(F)c(F)c(F)c(F)c1F)Nc1ccc(CCC(=O)N2CCC2O)cc1. The number of carbonyl (C=O) groups is 3. The predicted octanol–water partition coefficient (Wildman–Crippen LogP) is 2.43. The topological polar surface area (TPSA) is 105 Å². The molecular weight excluding hydrogens is 483 g/mol. The van der Waals surface area contributed by atoms with Gasteiger partial charge in [0.1, 0.15) is 19.4 Å². The summed E-state index contributed by atoms with van der Waals surface area (Å²) < 4.78 is 75.1. The smallest absolute Gasteiger partial charge is 0.337 e. The number of benzene rings is 2. The Morgan fingerprint density at radius 2 is 1.54 bits per heavy atom. The van der Waals surface area contributed by atoms with Crippen molar-refractivity contribution in [2.75, 3.05) is 25.1 Å². The Kier molecular flexibility index (Phi) is 8.35. The van der Waals surface area contributed by atoms with Crippen molar-refractivity contribution in [1.82, 2.24) is 4.90 Å². The van der Waals surface area contributed by atoms with Crippen molar-refractivity contribution >= 4 is 23.5 Å². The lowest BCUT2D eigenvalue weighted by Crippen LogP contribution is -2.50. The van der Waals surface area contributed by atoms with Gasteiger partial charge in [0.05, 0.1) is 0 Å². The van der Waals surface area contributed by atoms with Crippen molar-refractivity contribution < 1.29 is 50.9 Å². The fourth-order valence-corrected chi connectivity index (χ4v) is 3.06. The number of rotatable bonds is 9. The minimum absolute atomic E-state index is 0.156. The molecular formula is C22H19F5N2O6. The van der Waals surface area contributed by atoms with E-state index in [2.05, 4.69) is 10.1 Å². The van der Waals surface area contributed by atoms with Crippen LogP contribution < -0.4 is 10.1 Å². The average Bonchev–Trinajstić information content (AvgIpc) is 2.82. The number of amides is 2. The van der Waals surface area contributed by atoms with Crippen LogP contribution in [0.2, 0.25) is 0 Å². The number of nitrogens with one attached hydrogen (secondary N) is 1. The molecule has 0 saturated carbocycles. The standard InChI is InChI=1S/C22H19F5N2O6/c23-17-18(24)20(26)22(21(27)19(17)25)35-16(33)10-34-9-13(30)28-12-4-1-11(2-5-12)3-6-14(31)29-8-7-15(29)32/h1-2,4-5,15,32H,3,6-10H2,(H,28,30). The second-order valence-electron chi connectivity index (χ2n) is 7.47. The number of hydrogen-bond acceptors (Lipinski definition) is 6. The van der Waals surface area contributed by atoms with E-state index in [1.165, 1.54) is 4.90 Å². The number of hydrogen-bond donors (Lipinski definition) is 2. The van der Waals surface area contributed by atoms with Gasteiger partial charge in [0.25, 0.3) is 0 Å². The molecule has 1 aliphatic heterocycles. The molecule has 35 heavy (non-hydrogen) atoms. The normalized spacial score (nSPS) is 14.9. The molecule has 2 aromatic carbocycles. The molecule has 13 heteroatoms. The third kappa shape index (κ3) is 6.31. The highest BCUT2D eigenvalue weighted by molar-refractivity contribution is 5.91. The van der Waals surface area contributed by atoms with E-state index >= 15 is 0 Å². The van der Waals surface area contributed by atoms with E-state index < -0.39 is 66.2 Å². The second-order valence-corrected chi connectivity index (χ2v) is 7.47. The molecule has 2 amide bonds. The van der Waals surface area contributed by atoms with E-state index in [-0.39, 0.29) is 12.3 Å². The minimum atomic E-state index is -2.40. The summed E-state index contributed by atoms with van der Waals surface area (Å²) in [7, 11) is 0. The highest BCUT2D eigenvalue weighted by Gasteiger charge is 2.30. The number of ether oxygens (including phenoxy) is 2. The predicted molar refractivity (Wildman–Crippen MR) is 108 cm³/mol. The summed E-state index contributed by atoms with van der Waals surface area (Å²) in [6, 6.07) is 6.48. The van der Waals surface area contributed by atoms with Gasteiger partial charge in [-0.05, 0) is 24.1 Å². The summed E-state index contributed by atoms with van der Waals surface area (Å²) in [5.41, 5.74) is 1.19. The monoisotopic (exact) mass is 502 g/mol. The molecule has 1 aliphatic rings. The maximum atomic E-state index is 13.5. The van der Waals surface area contributed by atoms with Crippen LogP contribution in [0, 0.1) is 29.1 Å². The number of aliphatic hydroxyl groups excluding tert-OH is 1. The van der Waals surface area contributed by atoms with E-state index in [0.717, 1.165) is 5.56 Å². The number of carbonyl (C=O) groups excluding carboxylic acids is 3. The zero-order valence-electron chi connectivity index (χ0n) is 18.0. The lowest BCUT2D eigenvalue weighted by Gasteiger charge is -2.37. The number of nitrogens with zero attached hydrogens (tertiary/aromatic N) is 1. The molecule has 2 aromatic rings. The molecule has 0 aliphatic carbocycles. The van der Waals surface area contributed by atoms with Gasteiger partial charge >= 0.3 is 5.97 Å². The van der Waals surface area contributed by atoms with Gasteiger partial charge in [-0.15, -0.1) is 0 Å². The van der Waals surface area contributed by atoms with Gasteiger partial charge in [0, 0.05) is 25.1 Å². The van der Waals surface area contributed by atoms with Crippen LogP contribution in [-0.4, -0.2) is 53.8 Å². The van der Waals surface area contributed by atoms with Crippen molar-refractivity contribution in [3.8, 4) is 5.75 Å². The number of anilines is 1. The van der Waals surface area contributed by atoms with E-state index in [4.69, 9.17) is 4.74 Å². The van der Waals surface area contributed by atoms with Crippen LogP contribution in [0.3, 0.4) is 0 Å². The van der Waals surface area contributed by atoms with Gasteiger partial charge < -0.3 is 24.8 Å². The van der Waals surface area contributed by atoms with Crippen LogP contribution in [-0.2, 0) is 25.5 Å². The van der Waals surface area contributed by atoms with Crippen molar-refractivity contribution in [2.45, 2.75) is 25.5 Å². The summed E-state index contributed by atoms with van der Waals surface area (Å²) in [5, 5.41) is 11.9. The zero-order chi connectivity index (χ0) is 25.7. The Morgan fingerprint density at radius 3 is 2.09 bits per heavy atom. The lowest BCUT2D eigenvalue weighted by atomic mass is 10.1. The molecule has 188 valence electrons. The molecule has 1 unspecified atom stereocenters. The first-order chi connectivity index (χ1) is 16.6. The first-order valence-corrected chi connectivity index (χ1v) is 10.2. The van der Waals surface area contributed by atoms with Crippen LogP contribution in [0.15, 0.2) is 24.3 Å². The first-order valence-electron chi connectivity index (χ1n) is 10.2. The summed E-state index contributed by atoms with van der Waals surface area (Å²) >= 11 is 0. The largest absolute Gasteiger partial charge is 0.418 e. The molecule has 1 atom stereocenters. The fourth-order valence-electron chi connectivity index (χ4n) is 3.06. The number of halogens is 5. The van der Waals surface area contributed by atoms with E-state index in [1.54, 1.807) is 24.3 Å². The Balaban J connectivity index is 1.41. The molecule has 1 heterocycles. The molecule has 8 nitrogen and oxygen atoms in total. The molecule has 1 fully saturated rings. The first kappa shape index (κ1) is 26.0. The summed E-state index contributed by atoms with van der Waals surface area (Å²) in [6.07, 6.45) is 0.499. The molecule has 0 spiro atoms. The van der Waals surface area contributed by atoms with Crippen molar-refractivity contribution in [3.05, 3.63) is 58.9 Å². The molecule has 2 N–H and O–H groups in total. The molecule has 0 radical (unpaired) electrons. The number of esters is 1. The number of aliphatic hydroxyl groups is 1. The second kappa shape index (κ2) is 11.2. The molecule has 1 saturated heterocycles. The van der Waals surface area contributed by atoms with Gasteiger partial charge in [-0.25, -0.2) is 18.0 Å². The van der Waals surface area contributed by atoms with Crippen LogP contribution in [0.4, 0.5) is 27.6 Å². The maximum Gasteiger partial charge on any atom is 0.337 e. The third-order valence-electron chi connectivity index (χ3n) is 5.01. The van der Waals surface area contributed by atoms with Gasteiger partial charge in [-0.1, -0.05) is 12.1 Å². The van der Waals surface area contributed by atoms with E-state index in [9.17, 15) is 41.4 Å². The van der Waals surface area contributed by atoms with Crippen molar-refractivity contribution in [2.24, 2.45) is 0 Å². The van der Waals surface area contributed by atoms with Gasteiger partial charge in [0.2, 0.25) is 46.6 Å². The summed E-state index contributed by atoms with van der Waals surface area (Å²) in [5.74, 6) is -15.7. The summed E-state index contributed by atoms with van der Waals surface area (Å²) in [4.78, 5) is 36.8. The fraction of sp³-hybridized carbons (Fsp3) is 0.318. The molecule has 3 rings (SSSR count). The molecule has 0 bridgehead atoms.